The minimum absolute atomic E-state index is 0.143. The van der Waals surface area contributed by atoms with E-state index < -0.39 is 10.0 Å². The molecule has 1 aliphatic heterocycles. The number of nitriles is 1. The summed E-state index contributed by atoms with van der Waals surface area (Å²) < 4.78 is 27.8. The zero-order valence-electron chi connectivity index (χ0n) is 13.5. The summed E-state index contributed by atoms with van der Waals surface area (Å²) in [5.41, 5.74) is 0.309. The van der Waals surface area contributed by atoms with E-state index in [4.69, 9.17) is 23.2 Å². The normalized spacial score (nSPS) is 15.6. The molecule has 4 nitrogen and oxygen atoms in total. The number of sulfonamides is 1. The molecule has 0 N–H and O–H groups in total. The van der Waals surface area contributed by atoms with Gasteiger partial charge in [-0.3, -0.25) is 0 Å². The second-order valence-electron chi connectivity index (χ2n) is 5.50. The molecule has 0 aliphatic carbocycles. The second-order valence-corrected chi connectivity index (χ2v) is 10.6. The fraction of sp³-hybridized carbons (Fsp3) is 0.235. The van der Waals surface area contributed by atoms with E-state index in [-0.39, 0.29) is 4.90 Å². The first-order valence-corrected chi connectivity index (χ1v) is 11.8. The van der Waals surface area contributed by atoms with Crippen molar-refractivity contribution in [3.8, 4) is 6.07 Å². The van der Waals surface area contributed by atoms with E-state index in [0.29, 0.717) is 33.6 Å². The zero-order valence-corrected chi connectivity index (χ0v) is 17.4. The summed E-state index contributed by atoms with van der Waals surface area (Å²) in [6.07, 6.45) is 0. The summed E-state index contributed by atoms with van der Waals surface area (Å²) >= 11 is 15.1. The van der Waals surface area contributed by atoms with Gasteiger partial charge in [-0.05, 0) is 36.4 Å². The average Bonchev–Trinajstić information content (AvgIpc) is 2.62. The van der Waals surface area contributed by atoms with Crippen LogP contribution in [-0.4, -0.2) is 37.3 Å². The number of rotatable bonds is 4. The summed E-state index contributed by atoms with van der Waals surface area (Å²) in [6, 6.07) is 11.8. The molecule has 0 aromatic heterocycles. The van der Waals surface area contributed by atoms with Crippen molar-refractivity contribution in [3.05, 3.63) is 52.0 Å². The van der Waals surface area contributed by atoms with E-state index in [9.17, 15) is 13.7 Å². The maximum Gasteiger partial charge on any atom is 0.244 e. The fourth-order valence-electron chi connectivity index (χ4n) is 2.50. The molecule has 136 valence electrons. The van der Waals surface area contributed by atoms with Crippen molar-refractivity contribution in [3.63, 3.8) is 0 Å². The molecule has 0 unspecified atom stereocenters. The molecule has 0 radical (unpaired) electrons. The van der Waals surface area contributed by atoms with E-state index >= 15 is 0 Å². The van der Waals surface area contributed by atoms with Crippen LogP contribution in [0, 0.1) is 11.3 Å². The highest BCUT2D eigenvalue weighted by atomic mass is 35.5. The van der Waals surface area contributed by atoms with Crippen molar-refractivity contribution in [2.45, 2.75) is 14.7 Å². The average molecular weight is 445 g/mol. The summed E-state index contributed by atoms with van der Waals surface area (Å²) in [6.45, 7) is 0.938. The van der Waals surface area contributed by atoms with Gasteiger partial charge in [0.05, 0.1) is 16.5 Å². The lowest BCUT2D eigenvalue weighted by atomic mass is 10.2. The second kappa shape index (κ2) is 8.42. The number of nitrogens with zero attached hydrogens (tertiary/aromatic N) is 2. The van der Waals surface area contributed by atoms with Crippen molar-refractivity contribution in [1.82, 2.24) is 4.31 Å². The third-order valence-corrected chi connectivity index (χ3v) is 8.22. The Labute approximate surface area is 171 Å². The lowest BCUT2D eigenvalue weighted by Gasteiger charge is -2.26. The molecule has 0 saturated carbocycles. The molecule has 3 rings (SSSR count). The maximum atomic E-state index is 13.1. The largest absolute Gasteiger partial charge is 0.244 e. The molecule has 9 heteroatoms. The number of thioether (sulfide) groups is 1. The summed E-state index contributed by atoms with van der Waals surface area (Å²) in [5.74, 6) is 1.53. The van der Waals surface area contributed by atoms with E-state index in [1.807, 2.05) is 6.07 Å². The van der Waals surface area contributed by atoms with Gasteiger partial charge in [-0.15, -0.1) is 0 Å². The Morgan fingerprint density at radius 3 is 2.35 bits per heavy atom. The van der Waals surface area contributed by atoms with E-state index in [2.05, 4.69) is 0 Å². The molecule has 2 aromatic rings. The molecule has 0 spiro atoms. The predicted molar refractivity (Wildman–Crippen MR) is 108 cm³/mol. The van der Waals surface area contributed by atoms with Gasteiger partial charge in [-0.25, -0.2) is 8.42 Å². The topological polar surface area (TPSA) is 61.2 Å². The van der Waals surface area contributed by atoms with Crippen LogP contribution in [0.25, 0.3) is 0 Å². The summed E-state index contributed by atoms with van der Waals surface area (Å²) in [5, 5.41) is 10.1. The quantitative estimate of drug-likeness (QED) is 0.680. The highest BCUT2D eigenvalue weighted by Crippen LogP contribution is 2.37. The predicted octanol–water partition coefficient (Wildman–Crippen LogP) is 4.75. The van der Waals surface area contributed by atoms with Crippen molar-refractivity contribution in [1.29, 1.82) is 5.26 Å². The van der Waals surface area contributed by atoms with Crippen molar-refractivity contribution in [2.24, 2.45) is 0 Å². The van der Waals surface area contributed by atoms with Crippen LogP contribution in [0.15, 0.2) is 51.1 Å². The van der Waals surface area contributed by atoms with Crippen LogP contribution in [0.4, 0.5) is 0 Å². The molecule has 0 atom stereocenters. The lowest BCUT2D eigenvalue weighted by molar-refractivity contribution is 0.442. The van der Waals surface area contributed by atoms with Gasteiger partial charge in [0, 0.05) is 44.4 Å². The van der Waals surface area contributed by atoms with Gasteiger partial charge < -0.3 is 0 Å². The first kappa shape index (κ1) is 19.9. The number of benzene rings is 2. The maximum absolute atomic E-state index is 13.1. The smallest absolute Gasteiger partial charge is 0.207 e. The Kier molecular flexibility index (Phi) is 6.44. The summed E-state index contributed by atoms with van der Waals surface area (Å²) in [4.78, 5) is 1.42. The Morgan fingerprint density at radius 1 is 1.08 bits per heavy atom. The van der Waals surface area contributed by atoms with Gasteiger partial charge in [0.2, 0.25) is 10.0 Å². The van der Waals surface area contributed by atoms with Crippen LogP contribution in [0.2, 0.25) is 10.0 Å². The molecule has 0 bridgehead atoms. The summed E-state index contributed by atoms with van der Waals surface area (Å²) in [7, 11) is -3.68. The third kappa shape index (κ3) is 4.50. The Bertz CT molecular complexity index is 948. The minimum Gasteiger partial charge on any atom is -0.207 e. The number of hydrogen-bond acceptors (Lipinski definition) is 5. The van der Waals surface area contributed by atoms with Crippen LogP contribution < -0.4 is 0 Å². The van der Waals surface area contributed by atoms with Crippen LogP contribution in [0.1, 0.15) is 5.56 Å². The first-order chi connectivity index (χ1) is 12.4. The van der Waals surface area contributed by atoms with Gasteiger partial charge in [0.25, 0.3) is 0 Å². The van der Waals surface area contributed by atoms with E-state index in [0.717, 1.165) is 16.4 Å². The first-order valence-electron chi connectivity index (χ1n) is 7.66. The van der Waals surface area contributed by atoms with Crippen molar-refractivity contribution < 1.29 is 8.42 Å². The van der Waals surface area contributed by atoms with Crippen molar-refractivity contribution >= 4 is 56.7 Å². The highest BCUT2D eigenvalue weighted by molar-refractivity contribution is 8.00. The van der Waals surface area contributed by atoms with Crippen LogP contribution in [0.3, 0.4) is 0 Å². The minimum atomic E-state index is -3.68. The Hall–Kier alpha value is -0.880. The van der Waals surface area contributed by atoms with E-state index in [1.54, 1.807) is 42.1 Å². The Balaban J connectivity index is 2.04. The number of halogens is 2. The molecular weight excluding hydrogens is 431 g/mol. The molecular formula is C17H14Cl2N2O2S3. The fourth-order valence-corrected chi connectivity index (χ4v) is 7.20. The van der Waals surface area contributed by atoms with Crippen LogP contribution in [-0.2, 0) is 10.0 Å². The van der Waals surface area contributed by atoms with E-state index in [1.165, 1.54) is 22.1 Å². The van der Waals surface area contributed by atoms with Gasteiger partial charge >= 0.3 is 0 Å². The van der Waals surface area contributed by atoms with Gasteiger partial charge in [-0.1, -0.05) is 35.0 Å². The van der Waals surface area contributed by atoms with Crippen LogP contribution >= 0.6 is 46.7 Å². The molecule has 1 fully saturated rings. The molecule has 1 aliphatic rings. The monoisotopic (exact) mass is 444 g/mol. The van der Waals surface area contributed by atoms with Gasteiger partial charge in [0.15, 0.2) is 0 Å². The number of hydrogen-bond donors (Lipinski definition) is 0. The van der Waals surface area contributed by atoms with Gasteiger partial charge in [0.1, 0.15) is 0 Å². The SMILES string of the molecule is N#Cc1ccc(Sc2cc(Cl)cc(Cl)c2)c(S(=O)(=O)N2CCSCC2)c1. The molecule has 26 heavy (non-hydrogen) atoms. The third-order valence-electron chi connectivity index (χ3n) is 3.72. The molecule has 1 heterocycles. The zero-order chi connectivity index (χ0) is 18.7. The Morgan fingerprint density at radius 2 is 1.73 bits per heavy atom. The lowest BCUT2D eigenvalue weighted by Crippen LogP contribution is -2.38. The molecule has 0 amide bonds. The molecule has 2 aromatic carbocycles. The van der Waals surface area contributed by atoms with Crippen LogP contribution in [0.5, 0.6) is 0 Å². The molecule has 1 saturated heterocycles. The highest BCUT2D eigenvalue weighted by Gasteiger charge is 2.29. The van der Waals surface area contributed by atoms with Gasteiger partial charge in [-0.2, -0.15) is 21.3 Å². The van der Waals surface area contributed by atoms with Crippen molar-refractivity contribution in [2.75, 3.05) is 24.6 Å². The standard InChI is InChI=1S/C17H14Cl2N2O2S3/c18-13-8-14(19)10-15(9-13)25-16-2-1-12(11-20)7-17(16)26(22,23)21-3-5-24-6-4-21/h1-2,7-10H,3-6H2.